The van der Waals surface area contributed by atoms with Crippen molar-refractivity contribution in [1.82, 2.24) is 0 Å². The first-order valence-electron chi connectivity index (χ1n) is 10.3. The standard InChI is InChI=1S/C24H30O9/c1-27-17-7-13(8-18(28-2)23(17)31-5)21(26)16-12-33-22(15(16)11-25)14-9-19(29-3)24(32-6)20(10-14)30-4/h7-10,15-16,22,25H,11-12H2,1-6H3/t15-,16+,22-/m0/s1. The van der Waals surface area contributed by atoms with E-state index < -0.39 is 17.9 Å². The fourth-order valence-electron chi connectivity index (χ4n) is 4.21. The van der Waals surface area contributed by atoms with Crippen LogP contribution in [0, 0.1) is 11.8 Å². The molecule has 1 heterocycles. The summed E-state index contributed by atoms with van der Waals surface area (Å²) in [6.07, 6.45) is -0.542. The minimum Gasteiger partial charge on any atom is -0.493 e. The molecule has 0 bridgehead atoms. The van der Waals surface area contributed by atoms with E-state index in [1.807, 2.05) is 0 Å². The Kier molecular flexibility index (Phi) is 7.88. The van der Waals surface area contributed by atoms with Gasteiger partial charge < -0.3 is 38.3 Å². The Morgan fingerprint density at radius 3 is 1.67 bits per heavy atom. The van der Waals surface area contributed by atoms with Crippen molar-refractivity contribution < 1.29 is 43.1 Å². The first kappa shape index (κ1) is 24.5. The molecule has 0 unspecified atom stereocenters. The van der Waals surface area contributed by atoms with Crippen molar-refractivity contribution in [3.8, 4) is 34.5 Å². The molecular weight excluding hydrogens is 432 g/mol. The summed E-state index contributed by atoms with van der Waals surface area (Å²) in [7, 11) is 9.04. The maximum Gasteiger partial charge on any atom is 0.203 e. The van der Waals surface area contributed by atoms with Gasteiger partial charge in [0.25, 0.3) is 0 Å². The van der Waals surface area contributed by atoms with Crippen molar-refractivity contribution in [2.75, 3.05) is 55.9 Å². The molecule has 3 rings (SSSR count). The van der Waals surface area contributed by atoms with E-state index in [2.05, 4.69) is 0 Å². The lowest BCUT2D eigenvalue weighted by Crippen LogP contribution is -2.26. The molecule has 9 nitrogen and oxygen atoms in total. The van der Waals surface area contributed by atoms with E-state index in [-0.39, 0.29) is 19.0 Å². The van der Waals surface area contributed by atoms with Crippen molar-refractivity contribution in [2.45, 2.75) is 6.10 Å². The zero-order valence-electron chi connectivity index (χ0n) is 19.7. The van der Waals surface area contributed by atoms with Crippen LogP contribution in [0.25, 0.3) is 0 Å². The molecule has 0 aromatic heterocycles. The number of benzene rings is 2. The predicted molar refractivity (Wildman–Crippen MR) is 119 cm³/mol. The van der Waals surface area contributed by atoms with Crippen LogP contribution in [0.5, 0.6) is 34.5 Å². The lowest BCUT2D eigenvalue weighted by Gasteiger charge is -2.22. The lowest BCUT2D eigenvalue weighted by molar-refractivity contribution is 0.0711. The number of carbonyl (C=O) groups is 1. The zero-order chi connectivity index (χ0) is 24.1. The number of hydrogen-bond acceptors (Lipinski definition) is 9. The number of ketones is 1. The van der Waals surface area contributed by atoms with E-state index in [9.17, 15) is 9.90 Å². The molecule has 0 aliphatic carbocycles. The van der Waals surface area contributed by atoms with E-state index in [0.29, 0.717) is 45.6 Å². The molecule has 0 amide bonds. The van der Waals surface area contributed by atoms with Crippen LogP contribution in [0.2, 0.25) is 0 Å². The van der Waals surface area contributed by atoms with Gasteiger partial charge in [0, 0.05) is 18.1 Å². The minimum atomic E-state index is -0.582. The number of carbonyl (C=O) groups excluding carboxylic acids is 1. The summed E-state index contributed by atoms with van der Waals surface area (Å²) in [4.78, 5) is 13.5. The van der Waals surface area contributed by atoms with Crippen molar-refractivity contribution in [3.63, 3.8) is 0 Å². The number of hydrogen-bond donors (Lipinski definition) is 1. The van der Waals surface area contributed by atoms with Gasteiger partial charge in [0.15, 0.2) is 28.8 Å². The van der Waals surface area contributed by atoms with Crippen LogP contribution in [-0.4, -0.2) is 66.8 Å². The van der Waals surface area contributed by atoms with Gasteiger partial charge >= 0.3 is 0 Å². The first-order chi connectivity index (χ1) is 16.0. The SMILES string of the molecule is COc1cc(C(=O)[C@@H]2CO[C@@H](c3cc(OC)c(OC)c(OC)c3)[C@H]2CO)cc(OC)c1OC. The van der Waals surface area contributed by atoms with Crippen LogP contribution in [0.15, 0.2) is 24.3 Å². The summed E-state index contributed by atoms with van der Waals surface area (Å²) in [6.45, 7) is -0.107. The predicted octanol–water partition coefficient (Wildman–Crippen LogP) is 2.92. The number of rotatable bonds is 10. The average Bonchev–Trinajstić information content (AvgIpc) is 3.30. The molecule has 0 spiro atoms. The fourth-order valence-corrected chi connectivity index (χ4v) is 4.21. The van der Waals surface area contributed by atoms with Crippen LogP contribution in [0.4, 0.5) is 0 Å². The number of Topliss-reactive ketones (excluding diaryl/α,β-unsaturated/α-hetero) is 1. The summed E-state index contributed by atoms with van der Waals surface area (Å²) in [5.74, 6) is 1.27. The van der Waals surface area contributed by atoms with Gasteiger partial charge in [-0.05, 0) is 29.8 Å². The molecule has 1 aliphatic rings. The van der Waals surface area contributed by atoms with Crippen molar-refractivity contribution in [2.24, 2.45) is 11.8 Å². The lowest BCUT2D eigenvalue weighted by atomic mass is 9.83. The Labute approximate surface area is 193 Å². The molecule has 33 heavy (non-hydrogen) atoms. The van der Waals surface area contributed by atoms with Crippen LogP contribution >= 0.6 is 0 Å². The van der Waals surface area contributed by atoms with Crippen LogP contribution in [0.3, 0.4) is 0 Å². The van der Waals surface area contributed by atoms with Crippen molar-refractivity contribution in [1.29, 1.82) is 0 Å². The van der Waals surface area contributed by atoms with Gasteiger partial charge in [-0.2, -0.15) is 0 Å². The Morgan fingerprint density at radius 2 is 1.27 bits per heavy atom. The second kappa shape index (κ2) is 10.6. The van der Waals surface area contributed by atoms with Gasteiger partial charge in [0.2, 0.25) is 11.5 Å². The van der Waals surface area contributed by atoms with E-state index in [0.717, 1.165) is 0 Å². The van der Waals surface area contributed by atoms with E-state index in [1.165, 1.54) is 42.7 Å². The average molecular weight is 462 g/mol. The van der Waals surface area contributed by atoms with Gasteiger partial charge in [-0.15, -0.1) is 0 Å². The number of methoxy groups -OCH3 is 6. The van der Waals surface area contributed by atoms with E-state index in [4.69, 9.17) is 33.2 Å². The Bertz CT molecular complexity index is 938. The van der Waals surface area contributed by atoms with Crippen LogP contribution in [0.1, 0.15) is 22.0 Å². The van der Waals surface area contributed by atoms with Gasteiger partial charge in [-0.25, -0.2) is 0 Å². The quantitative estimate of drug-likeness (QED) is 0.534. The Balaban J connectivity index is 1.96. The molecule has 2 aromatic rings. The topological polar surface area (TPSA) is 102 Å². The highest BCUT2D eigenvalue weighted by Gasteiger charge is 2.43. The zero-order valence-corrected chi connectivity index (χ0v) is 19.7. The number of aliphatic hydroxyl groups is 1. The molecule has 0 saturated carbocycles. The van der Waals surface area contributed by atoms with Crippen molar-refractivity contribution in [3.05, 3.63) is 35.4 Å². The van der Waals surface area contributed by atoms with Gasteiger partial charge in [-0.1, -0.05) is 0 Å². The summed E-state index contributed by atoms with van der Waals surface area (Å²) in [6, 6.07) is 6.73. The van der Waals surface area contributed by atoms with Gasteiger partial charge in [0.05, 0.1) is 61.3 Å². The van der Waals surface area contributed by atoms with E-state index >= 15 is 0 Å². The third kappa shape index (κ3) is 4.51. The second-order valence-electron chi connectivity index (χ2n) is 7.44. The van der Waals surface area contributed by atoms with E-state index in [1.54, 1.807) is 24.3 Å². The molecule has 0 radical (unpaired) electrons. The molecule has 3 atom stereocenters. The minimum absolute atomic E-state index is 0.141. The molecule has 2 aromatic carbocycles. The smallest absolute Gasteiger partial charge is 0.203 e. The molecule has 1 N–H and O–H groups in total. The molecule has 9 heteroatoms. The van der Waals surface area contributed by atoms with Crippen molar-refractivity contribution >= 4 is 5.78 Å². The largest absolute Gasteiger partial charge is 0.493 e. The molecule has 1 aliphatic heterocycles. The second-order valence-corrected chi connectivity index (χ2v) is 7.44. The monoisotopic (exact) mass is 462 g/mol. The number of ether oxygens (including phenoxy) is 7. The fraction of sp³-hybridized carbons (Fsp3) is 0.458. The molecular formula is C24H30O9. The first-order valence-corrected chi connectivity index (χ1v) is 10.3. The maximum atomic E-state index is 13.5. The molecule has 180 valence electrons. The number of aliphatic hydroxyl groups excluding tert-OH is 1. The Morgan fingerprint density at radius 1 is 0.818 bits per heavy atom. The molecule has 1 saturated heterocycles. The summed E-state index contributed by atoms with van der Waals surface area (Å²) in [5, 5.41) is 10.2. The highest BCUT2D eigenvalue weighted by atomic mass is 16.5. The summed E-state index contributed by atoms with van der Waals surface area (Å²) in [5.41, 5.74) is 1.09. The Hall–Kier alpha value is -3.17. The van der Waals surface area contributed by atoms with Crippen LogP contribution in [-0.2, 0) is 4.74 Å². The van der Waals surface area contributed by atoms with Gasteiger partial charge in [0.1, 0.15) is 0 Å². The summed E-state index contributed by atoms with van der Waals surface area (Å²) >= 11 is 0. The highest BCUT2D eigenvalue weighted by Crippen LogP contribution is 2.46. The highest BCUT2D eigenvalue weighted by molar-refractivity contribution is 5.99. The maximum absolute atomic E-state index is 13.5. The normalized spacial score (nSPS) is 19.7. The van der Waals surface area contributed by atoms with Crippen LogP contribution < -0.4 is 28.4 Å². The van der Waals surface area contributed by atoms with Gasteiger partial charge in [-0.3, -0.25) is 4.79 Å². The summed E-state index contributed by atoms with van der Waals surface area (Å²) < 4.78 is 38.3. The third-order valence-electron chi connectivity index (χ3n) is 5.87. The molecule has 1 fully saturated rings. The third-order valence-corrected chi connectivity index (χ3v) is 5.87.